The average Bonchev–Trinajstić information content (AvgIpc) is 2.27. The quantitative estimate of drug-likeness (QED) is 0.433. The lowest BCUT2D eigenvalue weighted by molar-refractivity contribution is -0.146. The predicted octanol–water partition coefficient (Wildman–Crippen LogP) is 1.16. The Morgan fingerprint density at radius 1 is 1.15 bits per heavy atom. The summed E-state index contributed by atoms with van der Waals surface area (Å²) >= 11 is 0. The molecule has 20 heavy (non-hydrogen) atoms. The highest BCUT2D eigenvalue weighted by molar-refractivity contribution is 5.95. The number of carbonyl (C=O) groups is 3. The van der Waals surface area contributed by atoms with E-state index < -0.39 is 35.9 Å². The van der Waals surface area contributed by atoms with E-state index in [9.17, 15) is 23.2 Å². The molecule has 0 saturated carbocycles. The zero-order valence-electron chi connectivity index (χ0n) is 11.5. The highest BCUT2D eigenvalue weighted by atomic mass is 19.3. The number of amides is 1. The summed E-state index contributed by atoms with van der Waals surface area (Å²) in [4.78, 5) is 33.5. The number of esters is 2. The monoisotopic (exact) mass is 293 g/mol. The first-order chi connectivity index (χ1) is 9.20. The molecule has 0 aliphatic carbocycles. The molecule has 0 aromatic heterocycles. The van der Waals surface area contributed by atoms with Gasteiger partial charge in [-0.15, -0.1) is 0 Å². The number of allylic oxidation sites excluding steroid dienone is 1. The van der Waals surface area contributed by atoms with E-state index in [1.165, 1.54) is 6.92 Å². The molecule has 0 bridgehead atoms. The molecule has 0 aliphatic heterocycles. The Bertz CT molecular complexity index is 401. The lowest BCUT2D eigenvalue weighted by Crippen LogP contribution is -2.34. The SMILES string of the molecule is CCOC(=O)C=C(NC(=O)CC(=O)OCC)C(C)(F)F. The Morgan fingerprint density at radius 3 is 2.15 bits per heavy atom. The van der Waals surface area contributed by atoms with E-state index >= 15 is 0 Å². The number of ether oxygens (including phenoxy) is 2. The topological polar surface area (TPSA) is 81.7 Å². The third-order valence-corrected chi connectivity index (χ3v) is 1.91. The summed E-state index contributed by atoms with van der Waals surface area (Å²) in [6, 6.07) is 0. The Morgan fingerprint density at radius 2 is 1.70 bits per heavy atom. The minimum Gasteiger partial charge on any atom is -0.466 e. The van der Waals surface area contributed by atoms with Crippen LogP contribution in [0.4, 0.5) is 8.78 Å². The van der Waals surface area contributed by atoms with Crippen LogP contribution >= 0.6 is 0 Å². The third kappa shape index (κ3) is 7.45. The maximum Gasteiger partial charge on any atom is 0.332 e. The summed E-state index contributed by atoms with van der Waals surface area (Å²) in [6.45, 7) is 3.63. The van der Waals surface area contributed by atoms with Crippen LogP contribution in [-0.4, -0.2) is 37.0 Å². The van der Waals surface area contributed by atoms with Crippen molar-refractivity contribution in [2.45, 2.75) is 33.1 Å². The number of alkyl halides is 2. The summed E-state index contributed by atoms with van der Waals surface area (Å²) in [6.07, 6.45) is -0.239. The fraction of sp³-hybridized carbons (Fsp3) is 0.583. The van der Waals surface area contributed by atoms with Crippen LogP contribution < -0.4 is 5.32 Å². The van der Waals surface area contributed by atoms with E-state index in [4.69, 9.17) is 0 Å². The molecule has 1 amide bonds. The van der Waals surface area contributed by atoms with Crippen LogP contribution in [0.15, 0.2) is 11.8 Å². The van der Waals surface area contributed by atoms with Crippen LogP contribution in [0, 0.1) is 0 Å². The molecule has 0 spiro atoms. The second-order valence-electron chi connectivity index (χ2n) is 3.73. The highest BCUT2D eigenvalue weighted by Crippen LogP contribution is 2.21. The van der Waals surface area contributed by atoms with Crippen LogP contribution in [0.2, 0.25) is 0 Å². The van der Waals surface area contributed by atoms with Crippen molar-refractivity contribution in [1.82, 2.24) is 5.32 Å². The molecule has 1 N–H and O–H groups in total. The van der Waals surface area contributed by atoms with Gasteiger partial charge < -0.3 is 14.8 Å². The van der Waals surface area contributed by atoms with Gasteiger partial charge in [-0.05, 0) is 13.8 Å². The molecule has 0 aromatic rings. The largest absolute Gasteiger partial charge is 0.466 e. The van der Waals surface area contributed by atoms with E-state index in [1.807, 2.05) is 0 Å². The lowest BCUT2D eigenvalue weighted by Gasteiger charge is -2.16. The summed E-state index contributed by atoms with van der Waals surface area (Å²) < 4.78 is 35.4. The van der Waals surface area contributed by atoms with Gasteiger partial charge in [0.15, 0.2) is 0 Å². The summed E-state index contributed by atoms with van der Waals surface area (Å²) in [5.41, 5.74) is -0.940. The Kier molecular flexibility index (Phi) is 7.42. The number of hydrogen-bond acceptors (Lipinski definition) is 5. The van der Waals surface area contributed by atoms with Crippen molar-refractivity contribution in [3.05, 3.63) is 11.8 Å². The molecule has 6 nitrogen and oxygen atoms in total. The molecule has 0 atom stereocenters. The van der Waals surface area contributed by atoms with Crippen molar-refractivity contribution < 1.29 is 32.6 Å². The van der Waals surface area contributed by atoms with Crippen molar-refractivity contribution in [1.29, 1.82) is 0 Å². The number of carbonyl (C=O) groups excluding carboxylic acids is 3. The van der Waals surface area contributed by atoms with Crippen molar-refractivity contribution in [2.75, 3.05) is 13.2 Å². The lowest BCUT2D eigenvalue weighted by atomic mass is 10.2. The van der Waals surface area contributed by atoms with Gasteiger partial charge in [0, 0.05) is 13.0 Å². The first kappa shape index (κ1) is 18.0. The van der Waals surface area contributed by atoms with Gasteiger partial charge in [-0.3, -0.25) is 9.59 Å². The smallest absolute Gasteiger partial charge is 0.332 e. The molecule has 0 heterocycles. The second kappa shape index (κ2) is 8.23. The number of hydrogen-bond donors (Lipinski definition) is 1. The van der Waals surface area contributed by atoms with Crippen LogP contribution in [0.1, 0.15) is 27.2 Å². The van der Waals surface area contributed by atoms with E-state index in [2.05, 4.69) is 9.47 Å². The molecule has 0 fully saturated rings. The Balaban J connectivity index is 4.80. The van der Waals surface area contributed by atoms with E-state index in [1.54, 1.807) is 12.2 Å². The van der Waals surface area contributed by atoms with Crippen molar-refractivity contribution >= 4 is 17.8 Å². The maximum atomic E-state index is 13.2. The minimum atomic E-state index is -3.46. The van der Waals surface area contributed by atoms with Gasteiger partial charge in [0.05, 0.1) is 18.9 Å². The van der Waals surface area contributed by atoms with Crippen molar-refractivity contribution in [3.63, 3.8) is 0 Å². The van der Waals surface area contributed by atoms with Gasteiger partial charge in [0.1, 0.15) is 6.42 Å². The Labute approximate surface area is 115 Å². The molecular formula is C12H17F2NO5. The molecular weight excluding hydrogens is 276 g/mol. The molecule has 114 valence electrons. The van der Waals surface area contributed by atoms with E-state index in [0.29, 0.717) is 13.0 Å². The van der Waals surface area contributed by atoms with Gasteiger partial charge in [-0.25, -0.2) is 13.6 Å². The van der Waals surface area contributed by atoms with Crippen LogP contribution in [0.3, 0.4) is 0 Å². The predicted molar refractivity (Wildman–Crippen MR) is 64.7 cm³/mol. The maximum absolute atomic E-state index is 13.2. The highest BCUT2D eigenvalue weighted by Gasteiger charge is 2.30. The molecule has 0 rings (SSSR count). The van der Waals surface area contributed by atoms with Crippen molar-refractivity contribution in [2.24, 2.45) is 0 Å². The molecule has 0 radical (unpaired) electrons. The molecule has 8 heteroatoms. The summed E-state index contributed by atoms with van der Waals surface area (Å²) in [7, 11) is 0. The van der Waals surface area contributed by atoms with Gasteiger partial charge in [0.2, 0.25) is 5.91 Å². The number of nitrogens with one attached hydrogen (secondary N) is 1. The van der Waals surface area contributed by atoms with Gasteiger partial charge in [0.25, 0.3) is 5.92 Å². The number of rotatable bonds is 7. The molecule has 0 aliphatic rings. The third-order valence-electron chi connectivity index (χ3n) is 1.91. The normalized spacial score (nSPS) is 11.8. The van der Waals surface area contributed by atoms with Crippen molar-refractivity contribution in [3.8, 4) is 0 Å². The minimum absolute atomic E-state index is 0.00860. The van der Waals surface area contributed by atoms with E-state index in [0.717, 1.165) is 0 Å². The van der Waals surface area contributed by atoms with Crippen LogP contribution in [0.25, 0.3) is 0 Å². The number of halogens is 2. The van der Waals surface area contributed by atoms with Gasteiger partial charge in [-0.2, -0.15) is 0 Å². The second-order valence-corrected chi connectivity index (χ2v) is 3.73. The molecule has 0 saturated heterocycles. The van der Waals surface area contributed by atoms with Gasteiger partial charge >= 0.3 is 11.9 Å². The Hall–Kier alpha value is -1.99. The summed E-state index contributed by atoms with van der Waals surface area (Å²) in [5, 5.41) is 1.81. The van der Waals surface area contributed by atoms with Crippen LogP contribution in [-0.2, 0) is 23.9 Å². The average molecular weight is 293 g/mol. The first-order valence-electron chi connectivity index (χ1n) is 5.92. The molecule has 0 aromatic carbocycles. The van der Waals surface area contributed by atoms with Crippen LogP contribution in [0.5, 0.6) is 0 Å². The fourth-order valence-electron chi connectivity index (χ4n) is 1.11. The first-order valence-corrected chi connectivity index (χ1v) is 5.92. The van der Waals surface area contributed by atoms with E-state index in [-0.39, 0.29) is 13.2 Å². The molecule has 0 unspecified atom stereocenters. The zero-order valence-corrected chi connectivity index (χ0v) is 11.5. The standard InChI is InChI=1S/C12H17F2NO5/c1-4-19-10(17)6-8(12(3,13)14)15-9(16)7-11(18)20-5-2/h6H,4-5,7H2,1-3H3,(H,15,16). The fourth-order valence-corrected chi connectivity index (χ4v) is 1.11. The zero-order chi connectivity index (χ0) is 15.8. The summed E-state index contributed by atoms with van der Waals surface area (Å²) in [5.74, 6) is -6.32. The van der Waals surface area contributed by atoms with Gasteiger partial charge in [-0.1, -0.05) is 0 Å².